The van der Waals surface area contributed by atoms with Crippen molar-refractivity contribution in [1.29, 1.82) is 0 Å². The second-order valence-corrected chi connectivity index (χ2v) is 4.23. The van der Waals surface area contributed by atoms with E-state index in [1.807, 2.05) is 0 Å². The number of nitrogens with zero attached hydrogens (tertiary/aromatic N) is 1. The van der Waals surface area contributed by atoms with Crippen LogP contribution in [0.3, 0.4) is 0 Å². The van der Waals surface area contributed by atoms with E-state index >= 15 is 0 Å². The quantitative estimate of drug-likeness (QED) is 0.731. The number of methoxy groups -OCH3 is 1. The predicted octanol–water partition coefficient (Wildman–Crippen LogP) is -0.408. The number of piperazine rings is 1. The molecule has 7 heteroatoms. The van der Waals surface area contributed by atoms with Gasteiger partial charge in [-0.15, -0.1) is 0 Å². The van der Waals surface area contributed by atoms with Gasteiger partial charge in [0.05, 0.1) is 25.9 Å². The van der Waals surface area contributed by atoms with Crippen molar-refractivity contribution in [2.75, 3.05) is 32.1 Å². The molecule has 1 saturated heterocycles. The Kier molecular flexibility index (Phi) is 4.31. The number of rotatable bonds is 4. The summed E-state index contributed by atoms with van der Waals surface area (Å²) in [6.45, 7) is -0.168. The Morgan fingerprint density at radius 2 is 1.95 bits per heavy atom. The van der Waals surface area contributed by atoms with Crippen molar-refractivity contribution in [3.8, 4) is 5.75 Å². The average molecular weight is 277 g/mol. The Balaban J connectivity index is 2.01. The Hall–Kier alpha value is -2.41. The number of imide groups is 1. The normalized spacial score (nSPS) is 15.2. The molecule has 106 valence electrons. The van der Waals surface area contributed by atoms with E-state index in [4.69, 9.17) is 4.74 Å². The molecule has 0 radical (unpaired) electrons. The number of nitrogens with one attached hydrogen (secondary N) is 2. The zero-order valence-electron chi connectivity index (χ0n) is 11.0. The summed E-state index contributed by atoms with van der Waals surface area (Å²) >= 11 is 0. The average Bonchev–Trinajstić information content (AvgIpc) is 2.44. The van der Waals surface area contributed by atoms with Gasteiger partial charge in [0.2, 0.25) is 17.7 Å². The van der Waals surface area contributed by atoms with Gasteiger partial charge in [-0.25, -0.2) is 0 Å². The summed E-state index contributed by atoms with van der Waals surface area (Å²) in [7, 11) is 1.49. The number of carbonyl (C=O) groups is 3. The zero-order chi connectivity index (χ0) is 14.5. The molecule has 0 aliphatic carbocycles. The lowest BCUT2D eigenvalue weighted by atomic mass is 10.3. The van der Waals surface area contributed by atoms with Crippen LogP contribution in [-0.4, -0.2) is 49.4 Å². The fourth-order valence-electron chi connectivity index (χ4n) is 1.86. The van der Waals surface area contributed by atoms with Gasteiger partial charge < -0.3 is 10.1 Å². The van der Waals surface area contributed by atoms with Crippen LogP contribution in [0.5, 0.6) is 5.75 Å². The van der Waals surface area contributed by atoms with E-state index in [0.29, 0.717) is 11.4 Å². The summed E-state index contributed by atoms with van der Waals surface area (Å²) in [6, 6.07) is 6.91. The molecule has 0 bridgehead atoms. The molecular formula is C13H15N3O4. The van der Waals surface area contributed by atoms with Crippen molar-refractivity contribution in [2.24, 2.45) is 0 Å². The number of carbonyl (C=O) groups excluding carboxylic acids is 3. The van der Waals surface area contributed by atoms with Crippen molar-refractivity contribution in [2.45, 2.75) is 0 Å². The van der Waals surface area contributed by atoms with E-state index in [-0.39, 0.29) is 19.6 Å². The summed E-state index contributed by atoms with van der Waals surface area (Å²) < 4.78 is 5.11. The van der Waals surface area contributed by atoms with Crippen LogP contribution in [-0.2, 0) is 14.4 Å². The minimum absolute atomic E-state index is 0.0632. The molecule has 1 aromatic rings. The van der Waals surface area contributed by atoms with E-state index in [2.05, 4.69) is 10.6 Å². The summed E-state index contributed by atoms with van der Waals surface area (Å²) in [4.78, 5) is 36.0. The van der Waals surface area contributed by atoms with E-state index < -0.39 is 17.7 Å². The van der Waals surface area contributed by atoms with Gasteiger partial charge in [-0.05, 0) is 12.1 Å². The van der Waals surface area contributed by atoms with Crippen LogP contribution >= 0.6 is 0 Å². The van der Waals surface area contributed by atoms with Gasteiger partial charge in [0.25, 0.3) is 0 Å². The number of hydrogen-bond acceptors (Lipinski definition) is 5. The van der Waals surface area contributed by atoms with Gasteiger partial charge in [-0.3, -0.25) is 24.6 Å². The van der Waals surface area contributed by atoms with E-state index in [9.17, 15) is 14.4 Å². The number of benzene rings is 1. The Morgan fingerprint density at radius 1 is 1.30 bits per heavy atom. The molecule has 2 N–H and O–H groups in total. The van der Waals surface area contributed by atoms with Gasteiger partial charge >= 0.3 is 0 Å². The minimum Gasteiger partial charge on any atom is -0.495 e. The zero-order valence-corrected chi connectivity index (χ0v) is 11.0. The number of ether oxygens (including phenoxy) is 1. The van der Waals surface area contributed by atoms with Crippen molar-refractivity contribution >= 4 is 23.4 Å². The number of hydrogen-bond donors (Lipinski definition) is 2. The molecule has 0 atom stereocenters. The van der Waals surface area contributed by atoms with Crippen LogP contribution < -0.4 is 15.4 Å². The smallest absolute Gasteiger partial charge is 0.244 e. The molecule has 0 aromatic heterocycles. The van der Waals surface area contributed by atoms with Crippen molar-refractivity contribution in [3.05, 3.63) is 24.3 Å². The molecular weight excluding hydrogens is 262 g/mol. The maximum atomic E-state index is 11.9. The number of amides is 3. The highest BCUT2D eigenvalue weighted by Crippen LogP contribution is 2.22. The highest BCUT2D eigenvalue weighted by Gasteiger charge is 2.27. The monoisotopic (exact) mass is 277 g/mol. The standard InChI is InChI=1S/C13H15N3O4/c1-20-10-5-3-2-4-9(10)15-11(17)8-16-12(18)6-14-7-13(16)19/h2-5,14H,6-8H2,1H3,(H,15,17). The van der Waals surface area contributed by atoms with Crippen molar-refractivity contribution in [3.63, 3.8) is 0 Å². The molecule has 0 unspecified atom stereocenters. The van der Waals surface area contributed by atoms with Crippen LogP contribution in [0.2, 0.25) is 0 Å². The minimum atomic E-state index is -0.446. The Bertz CT molecular complexity index is 528. The first-order chi connectivity index (χ1) is 9.61. The van der Waals surface area contributed by atoms with Crippen LogP contribution in [0, 0.1) is 0 Å². The topological polar surface area (TPSA) is 87.7 Å². The second-order valence-electron chi connectivity index (χ2n) is 4.23. The van der Waals surface area contributed by atoms with Crippen LogP contribution in [0.15, 0.2) is 24.3 Å². The molecule has 2 rings (SSSR count). The van der Waals surface area contributed by atoms with Gasteiger partial charge in [0.15, 0.2) is 0 Å². The maximum Gasteiger partial charge on any atom is 0.244 e. The van der Waals surface area contributed by atoms with Crippen LogP contribution in [0.4, 0.5) is 5.69 Å². The SMILES string of the molecule is COc1ccccc1NC(=O)CN1C(=O)CNCC1=O. The molecule has 0 saturated carbocycles. The molecule has 1 aromatic carbocycles. The van der Waals surface area contributed by atoms with Gasteiger partial charge in [0.1, 0.15) is 12.3 Å². The van der Waals surface area contributed by atoms with Crippen LogP contribution in [0.25, 0.3) is 0 Å². The van der Waals surface area contributed by atoms with Gasteiger partial charge in [-0.1, -0.05) is 12.1 Å². The van der Waals surface area contributed by atoms with Crippen LogP contribution in [0.1, 0.15) is 0 Å². The summed E-state index contributed by atoms with van der Waals surface area (Å²) in [5.74, 6) is -0.746. The highest BCUT2D eigenvalue weighted by molar-refractivity contribution is 6.04. The number of para-hydroxylation sites is 2. The summed E-state index contributed by atoms with van der Waals surface area (Å²) in [5.41, 5.74) is 0.495. The second kappa shape index (κ2) is 6.16. The summed E-state index contributed by atoms with van der Waals surface area (Å²) in [6.07, 6.45) is 0. The van der Waals surface area contributed by atoms with Crippen molar-refractivity contribution < 1.29 is 19.1 Å². The van der Waals surface area contributed by atoms with E-state index in [1.165, 1.54) is 7.11 Å². The first-order valence-corrected chi connectivity index (χ1v) is 6.08. The molecule has 3 amide bonds. The lowest BCUT2D eigenvalue weighted by Gasteiger charge is -2.24. The Morgan fingerprint density at radius 3 is 2.60 bits per heavy atom. The first kappa shape index (κ1) is 14.0. The molecule has 0 spiro atoms. The molecule has 1 aliphatic rings. The number of anilines is 1. The predicted molar refractivity (Wildman–Crippen MR) is 71.2 cm³/mol. The molecule has 1 heterocycles. The highest BCUT2D eigenvalue weighted by atomic mass is 16.5. The van der Waals surface area contributed by atoms with Gasteiger partial charge in [0, 0.05) is 0 Å². The third-order valence-electron chi connectivity index (χ3n) is 2.84. The lowest BCUT2D eigenvalue weighted by molar-refractivity contribution is -0.148. The van der Waals surface area contributed by atoms with Crippen molar-refractivity contribution in [1.82, 2.24) is 10.2 Å². The first-order valence-electron chi connectivity index (χ1n) is 6.08. The maximum absolute atomic E-state index is 11.9. The largest absolute Gasteiger partial charge is 0.495 e. The van der Waals surface area contributed by atoms with Gasteiger partial charge in [-0.2, -0.15) is 0 Å². The third-order valence-corrected chi connectivity index (χ3v) is 2.84. The summed E-state index contributed by atoms with van der Waals surface area (Å²) in [5, 5.41) is 5.28. The molecule has 20 heavy (non-hydrogen) atoms. The molecule has 7 nitrogen and oxygen atoms in total. The van der Waals surface area contributed by atoms with E-state index in [1.54, 1.807) is 24.3 Å². The van der Waals surface area contributed by atoms with E-state index in [0.717, 1.165) is 4.90 Å². The fraction of sp³-hybridized carbons (Fsp3) is 0.308. The lowest BCUT2D eigenvalue weighted by Crippen LogP contribution is -2.54. The fourth-order valence-corrected chi connectivity index (χ4v) is 1.86. The molecule has 1 aliphatic heterocycles. The Labute approximate surface area is 115 Å². The third kappa shape index (κ3) is 3.12. The molecule has 1 fully saturated rings.